The van der Waals surface area contributed by atoms with E-state index in [2.05, 4.69) is 38.3 Å². The highest BCUT2D eigenvalue weighted by Gasteiger charge is 2.40. The molecule has 1 aliphatic heterocycles. The summed E-state index contributed by atoms with van der Waals surface area (Å²) in [5.41, 5.74) is 2.54. The molecule has 1 aliphatic carbocycles. The smallest absolute Gasteiger partial charge is 0.321 e. The van der Waals surface area contributed by atoms with Crippen LogP contribution in [-0.4, -0.2) is 52.1 Å². The van der Waals surface area contributed by atoms with Crippen LogP contribution in [0, 0.1) is 16.7 Å². The van der Waals surface area contributed by atoms with E-state index in [1.165, 1.54) is 12.8 Å². The highest BCUT2D eigenvalue weighted by Crippen LogP contribution is 2.46. The number of nitriles is 1. The summed E-state index contributed by atoms with van der Waals surface area (Å²) in [6, 6.07) is 11.6. The van der Waals surface area contributed by atoms with E-state index in [-0.39, 0.29) is 6.03 Å². The lowest BCUT2D eigenvalue weighted by molar-refractivity contribution is 0.0786. The summed E-state index contributed by atoms with van der Waals surface area (Å²) in [5.74, 6) is 0.997. The number of carbonyl (C=O) groups is 1. The van der Waals surface area contributed by atoms with Gasteiger partial charge in [0.05, 0.1) is 17.0 Å². The maximum absolute atomic E-state index is 12.7. The summed E-state index contributed by atoms with van der Waals surface area (Å²) in [7, 11) is 2.15. The number of aromatic amines is 1. The van der Waals surface area contributed by atoms with E-state index in [0.717, 1.165) is 61.3 Å². The number of anilines is 2. The molecule has 8 nitrogen and oxygen atoms in total. The van der Waals surface area contributed by atoms with Crippen LogP contribution >= 0.6 is 0 Å². The topological polar surface area (TPSA) is 101 Å². The third-order valence-electron chi connectivity index (χ3n) is 7.61. The average Bonchev–Trinajstić information content (AvgIpc) is 3.34. The molecule has 0 atom stereocenters. The van der Waals surface area contributed by atoms with Gasteiger partial charge in [0.2, 0.25) is 0 Å². The van der Waals surface area contributed by atoms with Crippen molar-refractivity contribution in [2.24, 2.45) is 5.41 Å². The molecular weight excluding hydrogens is 414 g/mol. The molecule has 3 aromatic rings. The Morgan fingerprint density at radius 1 is 1.15 bits per heavy atom. The van der Waals surface area contributed by atoms with E-state index in [4.69, 9.17) is 5.26 Å². The van der Waals surface area contributed by atoms with Gasteiger partial charge in [0, 0.05) is 38.1 Å². The first-order valence-electron chi connectivity index (χ1n) is 11.6. The van der Waals surface area contributed by atoms with Gasteiger partial charge in [0.1, 0.15) is 17.8 Å². The molecule has 170 valence electrons. The molecule has 5 rings (SSSR count). The number of H-pyrrole nitrogens is 1. The van der Waals surface area contributed by atoms with E-state index in [9.17, 15) is 4.79 Å². The second-order valence-corrected chi connectivity index (χ2v) is 9.39. The molecule has 0 bridgehead atoms. The van der Waals surface area contributed by atoms with Crippen molar-refractivity contribution in [3.05, 3.63) is 48.4 Å². The SMILES string of the molecule is CN(c1ncnc2[nH]ccc12)C1CCC2(CC1)CCN(C(=O)Nc1ccc(C#N)cc1)CC2. The largest absolute Gasteiger partial charge is 0.356 e. The standard InChI is InChI=1S/C25H29N7O/c1-31(23-21-8-13-27-22(21)28-17-29-23)20-6-9-25(10-7-20)11-14-32(15-12-25)24(33)30-19-4-2-18(16-26)3-5-19/h2-5,8,13,17,20H,6-7,9-12,14-15H2,1H3,(H,30,33)(H,27,28,29). The van der Waals surface area contributed by atoms with Crippen LogP contribution in [0.25, 0.3) is 11.0 Å². The Labute approximate surface area is 193 Å². The number of piperidine rings is 1. The maximum Gasteiger partial charge on any atom is 0.321 e. The Balaban J connectivity index is 1.15. The highest BCUT2D eigenvalue weighted by molar-refractivity contribution is 5.89. The number of nitrogens with zero attached hydrogens (tertiary/aromatic N) is 5. The molecule has 0 radical (unpaired) electrons. The molecule has 1 saturated carbocycles. The van der Waals surface area contributed by atoms with Crippen molar-refractivity contribution in [2.75, 3.05) is 30.4 Å². The third kappa shape index (κ3) is 4.23. The van der Waals surface area contributed by atoms with Crippen LogP contribution in [0.2, 0.25) is 0 Å². The first-order valence-corrected chi connectivity index (χ1v) is 11.6. The van der Waals surface area contributed by atoms with Gasteiger partial charge in [-0.1, -0.05) is 0 Å². The van der Waals surface area contributed by atoms with Crippen molar-refractivity contribution in [3.63, 3.8) is 0 Å². The van der Waals surface area contributed by atoms with Crippen molar-refractivity contribution in [1.29, 1.82) is 5.26 Å². The molecular formula is C25H29N7O. The molecule has 2 amide bonds. The quantitative estimate of drug-likeness (QED) is 0.620. The minimum Gasteiger partial charge on any atom is -0.356 e. The average molecular weight is 444 g/mol. The van der Waals surface area contributed by atoms with Crippen molar-refractivity contribution in [3.8, 4) is 6.07 Å². The minimum absolute atomic E-state index is 0.0535. The van der Waals surface area contributed by atoms with Crippen molar-refractivity contribution >= 4 is 28.6 Å². The second kappa shape index (κ2) is 8.74. The van der Waals surface area contributed by atoms with E-state index >= 15 is 0 Å². The van der Waals surface area contributed by atoms with Gasteiger partial charge in [0.25, 0.3) is 0 Å². The maximum atomic E-state index is 12.7. The zero-order valence-corrected chi connectivity index (χ0v) is 18.9. The number of hydrogen-bond donors (Lipinski definition) is 2. The molecule has 1 spiro atoms. The monoisotopic (exact) mass is 443 g/mol. The number of rotatable bonds is 3. The van der Waals surface area contributed by atoms with E-state index in [1.54, 1.807) is 30.6 Å². The number of amides is 2. The molecule has 1 saturated heterocycles. The molecule has 0 unspecified atom stereocenters. The lowest BCUT2D eigenvalue weighted by Crippen LogP contribution is -2.47. The normalized spacial score (nSPS) is 18.2. The van der Waals surface area contributed by atoms with Gasteiger partial charge in [0.15, 0.2) is 0 Å². The number of urea groups is 1. The number of likely N-dealkylation sites (tertiary alicyclic amines) is 1. The molecule has 2 aromatic heterocycles. The van der Waals surface area contributed by atoms with E-state index in [0.29, 0.717) is 17.0 Å². The van der Waals surface area contributed by atoms with Crippen LogP contribution in [0.4, 0.5) is 16.3 Å². The van der Waals surface area contributed by atoms with Crippen molar-refractivity contribution < 1.29 is 4.79 Å². The Kier molecular flexibility index (Phi) is 5.63. The Bertz CT molecular complexity index is 1160. The van der Waals surface area contributed by atoms with Crippen LogP contribution < -0.4 is 10.2 Å². The van der Waals surface area contributed by atoms with Gasteiger partial charge in [-0.3, -0.25) is 0 Å². The van der Waals surface area contributed by atoms with Gasteiger partial charge in [-0.2, -0.15) is 5.26 Å². The lowest BCUT2D eigenvalue weighted by atomic mass is 9.67. The van der Waals surface area contributed by atoms with Gasteiger partial charge >= 0.3 is 6.03 Å². The molecule has 33 heavy (non-hydrogen) atoms. The number of aromatic nitrogens is 3. The summed E-state index contributed by atoms with van der Waals surface area (Å²) in [5, 5.41) is 13.0. The zero-order chi connectivity index (χ0) is 22.8. The number of carbonyl (C=O) groups excluding carboxylic acids is 1. The minimum atomic E-state index is -0.0535. The zero-order valence-electron chi connectivity index (χ0n) is 18.9. The molecule has 3 heterocycles. The highest BCUT2D eigenvalue weighted by atomic mass is 16.2. The Morgan fingerprint density at radius 3 is 2.58 bits per heavy atom. The first kappa shape index (κ1) is 21.3. The first-order chi connectivity index (χ1) is 16.1. The molecule has 2 N–H and O–H groups in total. The Hall–Kier alpha value is -3.60. The number of hydrogen-bond acceptors (Lipinski definition) is 5. The number of benzene rings is 1. The van der Waals surface area contributed by atoms with Gasteiger partial charge in [-0.05, 0) is 74.3 Å². The van der Waals surface area contributed by atoms with Crippen LogP contribution in [0.15, 0.2) is 42.9 Å². The summed E-state index contributed by atoms with van der Waals surface area (Å²) < 4.78 is 0. The third-order valence-corrected chi connectivity index (χ3v) is 7.61. The van der Waals surface area contributed by atoms with Crippen LogP contribution in [0.5, 0.6) is 0 Å². The predicted octanol–water partition coefficient (Wildman–Crippen LogP) is 4.52. The van der Waals surface area contributed by atoms with E-state index in [1.807, 2.05) is 17.2 Å². The summed E-state index contributed by atoms with van der Waals surface area (Å²) in [4.78, 5) is 29.0. The lowest BCUT2D eigenvalue weighted by Gasteiger charge is -2.47. The van der Waals surface area contributed by atoms with Gasteiger partial charge in [-0.15, -0.1) is 0 Å². The fraction of sp³-hybridized carbons (Fsp3) is 0.440. The van der Waals surface area contributed by atoms with Gasteiger partial charge in [-0.25, -0.2) is 14.8 Å². The number of nitrogens with one attached hydrogen (secondary N) is 2. The molecule has 2 fully saturated rings. The molecule has 8 heteroatoms. The van der Waals surface area contributed by atoms with Crippen LogP contribution in [-0.2, 0) is 0 Å². The Morgan fingerprint density at radius 2 is 1.88 bits per heavy atom. The predicted molar refractivity (Wildman–Crippen MR) is 128 cm³/mol. The fourth-order valence-electron chi connectivity index (χ4n) is 5.43. The second-order valence-electron chi connectivity index (χ2n) is 9.39. The summed E-state index contributed by atoms with van der Waals surface area (Å²) in [6.45, 7) is 1.58. The molecule has 2 aliphatic rings. The summed E-state index contributed by atoms with van der Waals surface area (Å²) in [6.07, 6.45) is 10.3. The van der Waals surface area contributed by atoms with Crippen molar-refractivity contribution in [1.82, 2.24) is 19.9 Å². The fourth-order valence-corrected chi connectivity index (χ4v) is 5.43. The van der Waals surface area contributed by atoms with Crippen LogP contribution in [0.1, 0.15) is 44.1 Å². The van der Waals surface area contributed by atoms with Crippen molar-refractivity contribution in [2.45, 2.75) is 44.6 Å². The molecule has 1 aromatic carbocycles. The van der Waals surface area contributed by atoms with Crippen LogP contribution in [0.3, 0.4) is 0 Å². The van der Waals surface area contributed by atoms with Gasteiger partial charge < -0.3 is 20.1 Å². The number of fused-ring (bicyclic) bond motifs is 1. The summed E-state index contributed by atoms with van der Waals surface area (Å²) >= 11 is 0. The van der Waals surface area contributed by atoms with E-state index < -0.39 is 0 Å².